The summed E-state index contributed by atoms with van der Waals surface area (Å²) in [6.07, 6.45) is 2.32. The predicted molar refractivity (Wildman–Crippen MR) is 168 cm³/mol. The highest BCUT2D eigenvalue weighted by Gasteiger charge is 2.46. The summed E-state index contributed by atoms with van der Waals surface area (Å²) in [5.41, 5.74) is 7.94. The molecule has 2 aromatic heterocycles. The highest BCUT2D eigenvalue weighted by Crippen LogP contribution is 2.38. The molecule has 0 radical (unpaired) electrons. The van der Waals surface area contributed by atoms with Gasteiger partial charge in [-0.05, 0) is 102 Å². The Bertz CT molecular complexity index is 1940. The van der Waals surface area contributed by atoms with Crippen molar-refractivity contribution in [1.82, 2.24) is 14.0 Å². The second kappa shape index (κ2) is 12.7. The molecule has 45 heavy (non-hydrogen) atoms. The Hall–Kier alpha value is -5.45. The van der Waals surface area contributed by atoms with Crippen molar-refractivity contribution in [1.29, 1.82) is 21.0 Å². The number of aliphatic hydroxyl groups is 1. The fourth-order valence-corrected chi connectivity index (χ4v) is 6.90. The standard InChI is InChI=1S/C22H22N4O2.C14H11N3/c1-13-18(11-24)22(14(2)26(13)16-5-3-15(10-23)4-6-16)21(28)12-25-17-7-8-19(25)20(27)9-17;1-10-7-13(9-16)11(2)17(10)14-5-3-12(8-15)4-6-14/h3-6,17,19-20,27H,7-9,12H2,1-2H3;3-7H,1-2H3/t17?,19?,20-;/m0./s1. The molecule has 0 amide bonds. The first-order valence-corrected chi connectivity index (χ1v) is 14.8. The van der Waals surface area contributed by atoms with E-state index in [0.29, 0.717) is 27.8 Å². The molecule has 0 spiro atoms. The van der Waals surface area contributed by atoms with Crippen LogP contribution in [0, 0.1) is 73.0 Å². The van der Waals surface area contributed by atoms with Gasteiger partial charge in [-0.25, -0.2) is 0 Å². The number of rotatable bonds is 5. The van der Waals surface area contributed by atoms with E-state index < -0.39 is 0 Å². The van der Waals surface area contributed by atoms with Gasteiger partial charge in [-0.1, -0.05) is 0 Å². The van der Waals surface area contributed by atoms with E-state index in [1.54, 1.807) is 24.3 Å². The quantitative estimate of drug-likeness (QED) is 0.302. The van der Waals surface area contributed by atoms with Gasteiger partial charge in [0.2, 0.25) is 0 Å². The van der Waals surface area contributed by atoms with E-state index in [1.807, 2.05) is 67.2 Å². The van der Waals surface area contributed by atoms with E-state index in [1.165, 1.54) is 0 Å². The fourth-order valence-electron chi connectivity index (χ4n) is 6.90. The zero-order valence-corrected chi connectivity index (χ0v) is 25.7. The Balaban J connectivity index is 0.000000201. The molecule has 9 nitrogen and oxygen atoms in total. The maximum atomic E-state index is 13.2. The smallest absolute Gasteiger partial charge is 0.180 e. The van der Waals surface area contributed by atoms with Crippen molar-refractivity contribution in [3.8, 4) is 35.7 Å². The summed E-state index contributed by atoms with van der Waals surface area (Å²) in [6.45, 7) is 7.81. The summed E-state index contributed by atoms with van der Waals surface area (Å²) in [4.78, 5) is 15.3. The van der Waals surface area contributed by atoms with Gasteiger partial charge in [0.25, 0.3) is 0 Å². The molecule has 6 rings (SSSR count). The number of aliphatic hydroxyl groups excluding tert-OH is 1. The fraction of sp³-hybridized carbons (Fsp3) is 0.306. The second-order valence-corrected chi connectivity index (χ2v) is 11.6. The van der Waals surface area contributed by atoms with Crippen molar-refractivity contribution in [3.05, 3.63) is 105 Å². The van der Waals surface area contributed by atoms with Crippen molar-refractivity contribution in [2.75, 3.05) is 6.54 Å². The minimum Gasteiger partial charge on any atom is -0.391 e. The number of ketones is 1. The molecular weight excluding hydrogens is 562 g/mol. The average Bonchev–Trinajstić information content (AvgIpc) is 3.74. The molecule has 4 aromatic rings. The van der Waals surface area contributed by atoms with Crippen LogP contribution < -0.4 is 0 Å². The van der Waals surface area contributed by atoms with Crippen molar-refractivity contribution in [2.24, 2.45) is 0 Å². The molecule has 4 heterocycles. The van der Waals surface area contributed by atoms with Crippen molar-refractivity contribution in [2.45, 2.75) is 65.1 Å². The number of carbonyl (C=O) groups is 1. The average molecular weight is 596 g/mol. The van der Waals surface area contributed by atoms with Crippen LogP contribution in [0.25, 0.3) is 11.4 Å². The number of aryl methyl sites for hydroxylation is 1. The Kier molecular flexibility index (Phi) is 8.71. The van der Waals surface area contributed by atoms with Gasteiger partial charge in [0, 0.05) is 46.2 Å². The summed E-state index contributed by atoms with van der Waals surface area (Å²) in [7, 11) is 0. The van der Waals surface area contributed by atoms with Crippen LogP contribution in [-0.2, 0) is 0 Å². The first-order chi connectivity index (χ1) is 21.6. The number of fused-ring (bicyclic) bond motifs is 2. The zero-order chi connectivity index (χ0) is 32.4. The summed E-state index contributed by atoms with van der Waals surface area (Å²) in [6, 6.07) is 25.2. The lowest BCUT2D eigenvalue weighted by atomic mass is 9.98. The van der Waals surface area contributed by atoms with Crippen LogP contribution in [0.3, 0.4) is 0 Å². The van der Waals surface area contributed by atoms with Crippen LogP contribution in [0.4, 0.5) is 0 Å². The molecule has 9 heteroatoms. The number of hydrogen-bond acceptors (Lipinski definition) is 7. The third-order valence-corrected chi connectivity index (χ3v) is 9.07. The second-order valence-electron chi connectivity index (χ2n) is 11.6. The van der Waals surface area contributed by atoms with Gasteiger partial charge < -0.3 is 14.2 Å². The van der Waals surface area contributed by atoms with Gasteiger partial charge in [-0.3, -0.25) is 9.69 Å². The minimum atomic E-state index is -0.354. The molecule has 0 saturated carbocycles. The molecule has 2 unspecified atom stereocenters. The van der Waals surface area contributed by atoms with Crippen LogP contribution in [0.1, 0.15) is 74.6 Å². The zero-order valence-electron chi connectivity index (χ0n) is 25.7. The van der Waals surface area contributed by atoms with E-state index in [0.717, 1.165) is 53.4 Å². The number of aromatic nitrogens is 2. The van der Waals surface area contributed by atoms with Crippen LogP contribution >= 0.6 is 0 Å². The highest BCUT2D eigenvalue weighted by molar-refractivity contribution is 6.01. The number of nitrogens with zero attached hydrogens (tertiary/aromatic N) is 7. The summed E-state index contributed by atoms with van der Waals surface area (Å²) < 4.78 is 3.92. The lowest BCUT2D eigenvalue weighted by molar-refractivity contribution is 0.0873. The predicted octanol–water partition coefficient (Wildman–Crippen LogP) is 5.46. The Labute approximate surface area is 263 Å². The Morgan fingerprint density at radius 2 is 1.36 bits per heavy atom. The SMILES string of the molecule is Cc1c(C#N)c(C(=O)CN2C3CCC2[C@@H](O)C3)c(C)n1-c1ccc(C#N)cc1.Cc1cc(C#N)c(C)n1-c1ccc(C#N)cc1. The number of Topliss-reactive ketones (excluding diaryl/α,β-unsaturated/α-hetero) is 1. The van der Waals surface area contributed by atoms with E-state index in [9.17, 15) is 15.2 Å². The van der Waals surface area contributed by atoms with Gasteiger partial charge in [0.05, 0.1) is 52.6 Å². The van der Waals surface area contributed by atoms with Crippen LogP contribution in [-0.4, -0.2) is 49.7 Å². The monoisotopic (exact) mass is 595 g/mol. The van der Waals surface area contributed by atoms with Crippen LogP contribution in [0.5, 0.6) is 0 Å². The molecule has 2 saturated heterocycles. The minimum absolute atomic E-state index is 0.0569. The van der Waals surface area contributed by atoms with Gasteiger partial charge in [-0.15, -0.1) is 0 Å². The number of carbonyl (C=O) groups excluding carboxylic acids is 1. The first-order valence-electron chi connectivity index (χ1n) is 14.8. The largest absolute Gasteiger partial charge is 0.391 e. The number of nitriles is 4. The molecule has 2 aliphatic rings. The van der Waals surface area contributed by atoms with Gasteiger partial charge in [0.1, 0.15) is 12.1 Å². The highest BCUT2D eigenvalue weighted by atomic mass is 16.3. The van der Waals surface area contributed by atoms with Crippen molar-refractivity contribution in [3.63, 3.8) is 0 Å². The van der Waals surface area contributed by atoms with E-state index in [4.69, 9.17) is 15.8 Å². The Morgan fingerprint density at radius 3 is 1.80 bits per heavy atom. The van der Waals surface area contributed by atoms with E-state index >= 15 is 0 Å². The van der Waals surface area contributed by atoms with E-state index in [-0.39, 0.29) is 30.5 Å². The Morgan fingerprint density at radius 1 is 0.778 bits per heavy atom. The molecule has 3 atom stereocenters. The maximum Gasteiger partial charge on any atom is 0.180 e. The molecular formula is C36H33N7O2. The normalized spacial score (nSPS) is 18.3. The lowest BCUT2D eigenvalue weighted by Crippen LogP contribution is -2.36. The van der Waals surface area contributed by atoms with Gasteiger partial charge in [0.15, 0.2) is 5.78 Å². The molecule has 2 aliphatic heterocycles. The summed E-state index contributed by atoms with van der Waals surface area (Å²) in [5, 5.41) is 46.6. The molecule has 1 N–H and O–H groups in total. The van der Waals surface area contributed by atoms with Crippen molar-refractivity contribution < 1.29 is 9.90 Å². The number of hydrogen-bond donors (Lipinski definition) is 1. The first kappa shape index (κ1) is 31.0. The van der Waals surface area contributed by atoms with Crippen molar-refractivity contribution >= 4 is 5.78 Å². The maximum absolute atomic E-state index is 13.2. The number of benzene rings is 2. The topological polar surface area (TPSA) is 146 Å². The summed E-state index contributed by atoms with van der Waals surface area (Å²) in [5.74, 6) is -0.0736. The van der Waals surface area contributed by atoms with E-state index in [2.05, 4.69) is 29.2 Å². The third kappa shape index (κ3) is 5.64. The molecule has 2 fully saturated rings. The summed E-state index contributed by atoms with van der Waals surface area (Å²) >= 11 is 0. The van der Waals surface area contributed by atoms with Crippen LogP contribution in [0.15, 0.2) is 54.6 Å². The van der Waals surface area contributed by atoms with Crippen LogP contribution in [0.2, 0.25) is 0 Å². The lowest BCUT2D eigenvalue weighted by Gasteiger charge is -2.21. The molecule has 2 aromatic carbocycles. The molecule has 224 valence electrons. The molecule has 0 aliphatic carbocycles. The van der Waals surface area contributed by atoms with Gasteiger partial charge in [-0.2, -0.15) is 21.0 Å². The molecule has 2 bridgehead atoms. The van der Waals surface area contributed by atoms with Gasteiger partial charge >= 0.3 is 0 Å². The third-order valence-electron chi connectivity index (χ3n) is 9.07.